The lowest BCUT2D eigenvalue weighted by molar-refractivity contribution is -0.143. The van der Waals surface area contributed by atoms with E-state index in [-0.39, 0.29) is 18.5 Å². The predicted molar refractivity (Wildman–Crippen MR) is 333 cm³/mol. The molecule has 1 amide bonds. The summed E-state index contributed by atoms with van der Waals surface area (Å²) < 4.78 is 5.48. The van der Waals surface area contributed by atoms with Crippen molar-refractivity contribution in [2.45, 2.75) is 386 Å². The molecule has 0 aliphatic rings. The van der Waals surface area contributed by atoms with Crippen molar-refractivity contribution in [3.63, 3.8) is 0 Å². The molecule has 0 fully saturated rings. The van der Waals surface area contributed by atoms with Crippen molar-refractivity contribution in [1.82, 2.24) is 5.32 Å². The maximum atomic E-state index is 12.5. The number of aliphatic hydroxyl groups is 2. The van der Waals surface area contributed by atoms with E-state index in [1.54, 1.807) is 6.08 Å². The third-order valence-corrected chi connectivity index (χ3v) is 15.9. The van der Waals surface area contributed by atoms with Crippen molar-refractivity contribution < 1.29 is 24.5 Å². The highest BCUT2D eigenvalue weighted by Crippen LogP contribution is 2.18. The molecule has 0 saturated heterocycles. The first kappa shape index (κ1) is 74.1. The zero-order valence-corrected chi connectivity index (χ0v) is 51.3. The number of aliphatic hydroxyl groups excluding tert-OH is 2. The van der Waals surface area contributed by atoms with Crippen LogP contribution in [0.3, 0.4) is 0 Å². The molecular formula is C70H133NO5. The van der Waals surface area contributed by atoms with Crippen LogP contribution in [-0.4, -0.2) is 47.4 Å². The molecule has 0 aromatic carbocycles. The van der Waals surface area contributed by atoms with E-state index < -0.39 is 12.1 Å². The first-order valence-electron chi connectivity index (χ1n) is 34.3. The number of allylic oxidation sites excluding steroid dienone is 5. The average Bonchev–Trinajstić information content (AvgIpc) is 3.42. The fourth-order valence-corrected chi connectivity index (χ4v) is 10.7. The van der Waals surface area contributed by atoms with Gasteiger partial charge in [0.15, 0.2) is 0 Å². The molecule has 3 N–H and O–H groups in total. The summed E-state index contributed by atoms with van der Waals surface area (Å²) in [5.41, 5.74) is 0. The normalized spacial score (nSPS) is 12.7. The number of amides is 1. The standard InChI is InChI=1S/C70H133NO5/c1-3-5-7-9-11-13-15-17-18-19-20-26-29-32-35-39-42-46-50-54-58-62-68(73)67(66-72)71-69(74)63-59-55-51-47-43-40-36-33-30-27-24-22-21-23-25-28-31-34-37-41-45-49-53-57-61-65-76-70(75)64-60-56-52-48-44-38-16-14-12-10-8-6-4-2/h22-25,58,62,67-68,72-73H,3-21,26-57,59-61,63-66H2,1-2H3,(H,71,74)/b24-22-,25-23-,62-58+. The van der Waals surface area contributed by atoms with E-state index in [4.69, 9.17) is 4.74 Å². The zero-order chi connectivity index (χ0) is 55.0. The first-order valence-corrected chi connectivity index (χ1v) is 34.3. The Morgan fingerprint density at radius 2 is 0.658 bits per heavy atom. The van der Waals surface area contributed by atoms with Gasteiger partial charge in [-0.3, -0.25) is 9.59 Å². The van der Waals surface area contributed by atoms with E-state index in [1.807, 2.05) is 6.08 Å². The minimum absolute atomic E-state index is 0.0105. The molecule has 6 heteroatoms. The van der Waals surface area contributed by atoms with Gasteiger partial charge >= 0.3 is 5.97 Å². The maximum Gasteiger partial charge on any atom is 0.305 e. The number of carbonyl (C=O) groups excluding carboxylic acids is 2. The Morgan fingerprint density at radius 1 is 0.368 bits per heavy atom. The van der Waals surface area contributed by atoms with Crippen molar-refractivity contribution in [3.8, 4) is 0 Å². The number of rotatable bonds is 64. The number of nitrogens with one attached hydrogen (secondary N) is 1. The molecule has 6 nitrogen and oxygen atoms in total. The molecule has 0 bridgehead atoms. The molecule has 0 spiro atoms. The van der Waals surface area contributed by atoms with Crippen LogP contribution in [-0.2, 0) is 14.3 Å². The Labute approximate surface area is 474 Å². The van der Waals surface area contributed by atoms with Gasteiger partial charge in [-0.1, -0.05) is 333 Å². The third-order valence-electron chi connectivity index (χ3n) is 15.9. The van der Waals surface area contributed by atoms with Crippen molar-refractivity contribution in [2.75, 3.05) is 13.2 Å². The summed E-state index contributed by atoms with van der Waals surface area (Å²) in [7, 11) is 0. The van der Waals surface area contributed by atoms with Gasteiger partial charge in [0.1, 0.15) is 0 Å². The minimum Gasteiger partial charge on any atom is -0.466 e. The van der Waals surface area contributed by atoms with Crippen LogP contribution < -0.4 is 5.32 Å². The topological polar surface area (TPSA) is 95.9 Å². The highest BCUT2D eigenvalue weighted by molar-refractivity contribution is 5.76. The monoisotopic (exact) mass is 1070 g/mol. The Kier molecular flexibility index (Phi) is 63.9. The first-order chi connectivity index (χ1) is 37.5. The molecule has 0 aliphatic heterocycles. The lowest BCUT2D eigenvalue weighted by atomic mass is 10.0. The number of esters is 1. The third kappa shape index (κ3) is 61.3. The van der Waals surface area contributed by atoms with E-state index in [9.17, 15) is 19.8 Å². The Morgan fingerprint density at radius 3 is 1.00 bits per heavy atom. The zero-order valence-electron chi connectivity index (χ0n) is 51.3. The van der Waals surface area contributed by atoms with Crippen molar-refractivity contribution >= 4 is 11.9 Å². The van der Waals surface area contributed by atoms with Crippen LogP contribution in [0, 0.1) is 0 Å². The highest BCUT2D eigenvalue weighted by atomic mass is 16.5. The number of carbonyl (C=O) groups is 2. The van der Waals surface area contributed by atoms with E-state index in [2.05, 4.69) is 43.5 Å². The smallest absolute Gasteiger partial charge is 0.305 e. The molecule has 2 atom stereocenters. The van der Waals surface area contributed by atoms with Crippen LogP contribution in [0.2, 0.25) is 0 Å². The summed E-state index contributed by atoms with van der Waals surface area (Å²) in [5.74, 6) is -0.0604. The number of ether oxygens (including phenoxy) is 1. The Bertz CT molecular complexity index is 1230. The van der Waals surface area contributed by atoms with Gasteiger partial charge < -0.3 is 20.3 Å². The largest absolute Gasteiger partial charge is 0.466 e. The molecule has 2 unspecified atom stereocenters. The number of hydrogen-bond acceptors (Lipinski definition) is 5. The maximum absolute atomic E-state index is 12.5. The molecule has 0 aliphatic carbocycles. The molecule has 0 saturated carbocycles. The van der Waals surface area contributed by atoms with Gasteiger partial charge in [-0.25, -0.2) is 0 Å². The van der Waals surface area contributed by atoms with Gasteiger partial charge in [-0.15, -0.1) is 0 Å². The summed E-state index contributed by atoms with van der Waals surface area (Å²) in [4.78, 5) is 24.6. The second kappa shape index (κ2) is 65.6. The summed E-state index contributed by atoms with van der Waals surface area (Å²) in [6.45, 7) is 4.93. The Balaban J connectivity index is 3.46. The molecule has 0 rings (SSSR count). The van der Waals surface area contributed by atoms with Crippen LogP contribution in [0.4, 0.5) is 0 Å². The second-order valence-corrected chi connectivity index (χ2v) is 23.5. The van der Waals surface area contributed by atoms with Crippen LogP contribution >= 0.6 is 0 Å². The number of unbranched alkanes of at least 4 members (excludes halogenated alkanes) is 49. The average molecular weight is 1070 g/mol. The van der Waals surface area contributed by atoms with Crippen molar-refractivity contribution in [1.29, 1.82) is 0 Å². The molecule has 0 radical (unpaired) electrons. The van der Waals surface area contributed by atoms with Gasteiger partial charge in [0.25, 0.3) is 0 Å². The van der Waals surface area contributed by atoms with E-state index in [0.717, 1.165) is 44.9 Å². The second-order valence-electron chi connectivity index (χ2n) is 23.5. The summed E-state index contributed by atoms with van der Waals surface area (Å²) in [6.07, 6.45) is 83.5. The van der Waals surface area contributed by atoms with Gasteiger partial charge in [-0.05, 0) is 64.2 Å². The lowest BCUT2D eigenvalue weighted by Crippen LogP contribution is -2.45. The predicted octanol–water partition coefficient (Wildman–Crippen LogP) is 21.9. The molecular weight excluding hydrogens is 935 g/mol. The van der Waals surface area contributed by atoms with Gasteiger partial charge in [0.2, 0.25) is 5.91 Å². The molecule has 448 valence electrons. The molecule has 76 heavy (non-hydrogen) atoms. The minimum atomic E-state index is -0.850. The molecule has 0 aromatic heterocycles. The lowest BCUT2D eigenvalue weighted by Gasteiger charge is -2.20. The summed E-state index contributed by atoms with van der Waals surface area (Å²) in [6, 6.07) is -0.634. The highest BCUT2D eigenvalue weighted by Gasteiger charge is 2.18. The quantitative estimate of drug-likeness (QED) is 0.0320. The van der Waals surface area contributed by atoms with Crippen LogP contribution in [0.25, 0.3) is 0 Å². The van der Waals surface area contributed by atoms with Gasteiger partial charge in [0, 0.05) is 12.8 Å². The summed E-state index contributed by atoms with van der Waals surface area (Å²) >= 11 is 0. The van der Waals surface area contributed by atoms with E-state index in [1.165, 1.54) is 302 Å². The molecule has 0 aromatic rings. The van der Waals surface area contributed by atoms with Gasteiger partial charge in [0.05, 0.1) is 25.4 Å². The Hall–Kier alpha value is -1.92. The van der Waals surface area contributed by atoms with Crippen LogP contribution in [0.15, 0.2) is 36.5 Å². The summed E-state index contributed by atoms with van der Waals surface area (Å²) in [5, 5.41) is 23.2. The van der Waals surface area contributed by atoms with E-state index in [0.29, 0.717) is 19.4 Å². The van der Waals surface area contributed by atoms with Crippen molar-refractivity contribution in [3.05, 3.63) is 36.5 Å². The molecule has 0 heterocycles. The van der Waals surface area contributed by atoms with Crippen molar-refractivity contribution in [2.24, 2.45) is 0 Å². The van der Waals surface area contributed by atoms with Crippen LogP contribution in [0.5, 0.6) is 0 Å². The number of hydrogen-bond donors (Lipinski definition) is 3. The fraction of sp³-hybridized carbons (Fsp3) is 0.886. The van der Waals surface area contributed by atoms with Gasteiger partial charge in [-0.2, -0.15) is 0 Å². The van der Waals surface area contributed by atoms with Crippen LogP contribution in [0.1, 0.15) is 373 Å². The van der Waals surface area contributed by atoms with E-state index >= 15 is 0 Å². The SMILES string of the molecule is CCCCCCCCCCCCCCCCCCCCC/C=C/C(O)C(CO)NC(=O)CCCCCCCCCCC/C=C\C/C=C\CCCCCCCCCCCOC(=O)CCCCCCCCCCCCCCC. The fourth-order valence-electron chi connectivity index (χ4n) is 10.7.